The number of anilines is 1. The Morgan fingerprint density at radius 3 is 2.42 bits per heavy atom. The molecule has 0 unspecified atom stereocenters. The Balaban J connectivity index is 2.02. The van der Waals surface area contributed by atoms with Crippen molar-refractivity contribution >= 4 is 28.9 Å². The Bertz CT molecular complexity index is 1020. The van der Waals surface area contributed by atoms with Crippen LogP contribution in [0.4, 0.5) is 18.9 Å². The van der Waals surface area contributed by atoms with Crippen molar-refractivity contribution < 1.29 is 22.7 Å². The van der Waals surface area contributed by atoms with E-state index in [0.29, 0.717) is 39.9 Å². The van der Waals surface area contributed by atoms with Gasteiger partial charge in [0.25, 0.3) is 5.91 Å². The number of para-hydroxylation sites is 2. The van der Waals surface area contributed by atoms with E-state index in [1.807, 2.05) is 6.92 Å². The van der Waals surface area contributed by atoms with E-state index in [1.165, 1.54) is 19.2 Å². The number of carbonyl (C=O) groups excluding carboxylic acids is 1. The molecule has 0 spiro atoms. The Kier molecular flexibility index (Phi) is 6.54. The van der Waals surface area contributed by atoms with Crippen molar-refractivity contribution in [1.29, 1.82) is 0 Å². The molecule has 0 saturated carbocycles. The van der Waals surface area contributed by atoms with Gasteiger partial charge < -0.3 is 20.3 Å². The minimum absolute atomic E-state index is 0.362. The summed E-state index contributed by atoms with van der Waals surface area (Å²) in [4.78, 5) is 15.1. The second-order valence-corrected chi connectivity index (χ2v) is 7.29. The van der Waals surface area contributed by atoms with Crippen molar-refractivity contribution in [3.63, 3.8) is 0 Å². The number of methoxy groups -OCH3 is 1. The lowest BCUT2D eigenvalue weighted by Gasteiger charge is -2.37. The number of nitrogens with one attached hydrogen (secondary N) is 2. The molecule has 0 bridgehead atoms. The molecule has 0 aromatic heterocycles. The van der Waals surface area contributed by atoms with E-state index in [1.54, 1.807) is 36.1 Å². The zero-order valence-electron chi connectivity index (χ0n) is 17.2. The summed E-state index contributed by atoms with van der Waals surface area (Å²) in [6.07, 6.45) is -4.44. The van der Waals surface area contributed by atoms with Crippen LogP contribution in [-0.2, 0) is 11.0 Å². The number of halogens is 3. The lowest BCUT2D eigenvalue weighted by molar-refractivity contribution is -0.137. The van der Waals surface area contributed by atoms with Crippen LogP contribution in [-0.4, -0.2) is 29.6 Å². The van der Waals surface area contributed by atoms with E-state index < -0.39 is 23.7 Å². The molecular weight excluding hydrogens is 427 g/mol. The van der Waals surface area contributed by atoms with Gasteiger partial charge in [0.05, 0.1) is 30.0 Å². The number of rotatable bonds is 5. The van der Waals surface area contributed by atoms with Crippen LogP contribution in [0.1, 0.15) is 31.0 Å². The highest BCUT2D eigenvalue weighted by Gasteiger charge is 2.35. The van der Waals surface area contributed by atoms with E-state index in [2.05, 4.69) is 10.6 Å². The predicted octanol–water partition coefficient (Wildman–Crippen LogP) is 4.88. The zero-order valence-corrected chi connectivity index (χ0v) is 18.0. The summed E-state index contributed by atoms with van der Waals surface area (Å²) < 4.78 is 44.2. The fourth-order valence-corrected chi connectivity index (χ4v) is 3.89. The number of benzene rings is 2. The molecule has 31 heavy (non-hydrogen) atoms. The molecular formula is C22H22F3N3O2S. The molecule has 164 valence electrons. The van der Waals surface area contributed by atoms with Gasteiger partial charge in [-0.2, -0.15) is 13.2 Å². The molecule has 2 N–H and O–H groups in total. The molecule has 5 nitrogen and oxygen atoms in total. The van der Waals surface area contributed by atoms with Crippen LogP contribution in [0.25, 0.3) is 0 Å². The van der Waals surface area contributed by atoms with Gasteiger partial charge in [0.1, 0.15) is 5.75 Å². The molecule has 2 aromatic rings. The first-order valence-corrected chi connectivity index (χ1v) is 9.98. The number of alkyl halides is 3. The molecule has 3 rings (SSSR count). The van der Waals surface area contributed by atoms with Gasteiger partial charge in [-0.05, 0) is 55.9 Å². The van der Waals surface area contributed by atoms with Crippen LogP contribution >= 0.6 is 12.2 Å². The van der Waals surface area contributed by atoms with Gasteiger partial charge in [-0.1, -0.05) is 24.3 Å². The van der Waals surface area contributed by atoms with Crippen LogP contribution in [0.3, 0.4) is 0 Å². The average molecular weight is 449 g/mol. The quantitative estimate of drug-likeness (QED) is 0.638. The second-order valence-electron chi connectivity index (χ2n) is 6.90. The maximum absolute atomic E-state index is 13.3. The van der Waals surface area contributed by atoms with Crippen LogP contribution < -0.4 is 15.4 Å². The number of amides is 1. The molecule has 9 heteroatoms. The zero-order chi connectivity index (χ0) is 22.8. The maximum Gasteiger partial charge on any atom is 0.416 e. The van der Waals surface area contributed by atoms with E-state index in [-0.39, 0.29) is 0 Å². The number of nitrogens with zero attached hydrogens (tertiary/aromatic N) is 1. The van der Waals surface area contributed by atoms with Crippen LogP contribution in [0.2, 0.25) is 0 Å². The summed E-state index contributed by atoms with van der Waals surface area (Å²) >= 11 is 5.42. The van der Waals surface area contributed by atoms with Gasteiger partial charge in [-0.3, -0.25) is 4.79 Å². The SMILES string of the molecule is CCN1C(=S)N[C@@H](c2ccc(C(F)(F)F)cc2)C(C(=O)Nc2ccccc2OC)=C1C. The highest BCUT2D eigenvalue weighted by atomic mass is 32.1. The largest absolute Gasteiger partial charge is 0.495 e. The molecule has 0 radical (unpaired) electrons. The minimum atomic E-state index is -4.44. The Hall–Kier alpha value is -3.07. The van der Waals surface area contributed by atoms with Crippen molar-refractivity contribution in [2.24, 2.45) is 0 Å². The molecule has 0 saturated heterocycles. The number of carbonyl (C=O) groups is 1. The highest BCUT2D eigenvalue weighted by molar-refractivity contribution is 7.80. The summed E-state index contributed by atoms with van der Waals surface area (Å²) in [5, 5.41) is 6.34. The van der Waals surface area contributed by atoms with Gasteiger partial charge in [-0.15, -0.1) is 0 Å². The normalized spacial score (nSPS) is 16.8. The predicted molar refractivity (Wildman–Crippen MR) is 117 cm³/mol. The number of thiocarbonyl (C=S) groups is 1. The number of ether oxygens (including phenoxy) is 1. The topological polar surface area (TPSA) is 53.6 Å². The van der Waals surface area contributed by atoms with Crippen molar-refractivity contribution in [1.82, 2.24) is 10.2 Å². The first kappa shape index (κ1) is 22.6. The molecule has 1 amide bonds. The van der Waals surface area contributed by atoms with Gasteiger partial charge in [0, 0.05) is 12.2 Å². The monoisotopic (exact) mass is 449 g/mol. The molecule has 1 aliphatic rings. The Morgan fingerprint density at radius 2 is 1.84 bits per heavy atom. The molecule has 1 atom stereocenters. The van der Waals surface area contributed by atoms with Crippen molar-refractivity contribution in [2.45, 2.75) is 26.1 Å². The summed E-state index contributed by atoms with van der Waals surface area (Å²) in [5.41, 5.74) is 1.21. The van der Waals surface area contributed by atoms with E-state index in [0.717, 1.165) is 12.1 Å². The summed E-state index contributed by atoms with van der Waals surface area (Å²) in [7, 11) is 1.50. The van der Waals surface area contributed by atoms with Crippen molar-refractivity contribution in [2.75, 3.05) is 19.0 Å². The number of hydrogen-bond acceptors (Lipinski definition) is 3. The molecule has 2 aromatic carbocycles. The van der Waals surface area contributed by atoms with Gasteiger partial charge >= 0.3 is 6.18 Å². The maximum atomic E-state index is 13.3. The number of hydrogen-bond donors (Lipinski definition) is 2. The summed E-state index contributed by atoms with van der Waals surface area (Å²) in [5.74, 6) is 0.0900. The van der Waals surface area contributed by atoms with E-state index in [4.69, 9.17) is 17.0 Å². The van der Waals surface area contributed by atoms with Gasteiger partial charge in [0.15, 0.2) is 5.11 Å². The molecule has 0 aliphatic carbocycles. The summed E-state index contributed by atoms with van der Waals surface area (Å²) in [6, 6.07) is 11.0. The Morgan fingerprint density at radius 1 is 1.19 bits per heavy atom. The fraction of sp³-hybridized carbons (Fsp3) is 0.273. The van der Waals surface area contributed by atoms with Gasteiger partial charge in [-0.25, -0.2) is 0 Å². The first-order valence-electron chi connectivity index (χ1n) is 9.57. The van der Waals surface area contributed by atoms with Crippen LogP contribution in [0, 0.1) is 0 Å². The first-order chi connectivity index (χ1) is 14.7. The smallest absolute Gasteiger partial charge is 0.416 e. The third-order valence-electron chi connectivity index (χ3n) is 5.08. The standard InChI is InChI=1S/C22H22F3N3O2S/c1-4-28-13(2)18(20(29)26-16-7-5-6-8-17(16)30-3)19(27-21(28)31)14-9-11-15(12-10-14)22(23,24)25/h5-12,19H,4H2,1-3H3,(H,26,29)(H,27,31)/t19-/m0/s1. The third-order valence-corrected chi connectivity index (χ3v) is 5.42. The lowest BCUT2D eigenvalue weighted by atomic mass is 9.93. The minimum Gasteiger partial charge on any atom is -0.495 e. The number of allylic oxidation sites excluding steroid dienone is 1. The highest BCUT2D eigenvalue weighted by Crippen LogP contribution is 2.35. The molecule has 0 fully saturated rings. The molecule has 1 aliphatic heterocycles. The fourth-order valence-electron chi connectivity index (χ4n) is 3.51. The van der Waals surface area contributed by atoms with Gasteiger partial charge in [0.2, 0.25) is 0 Å². The lowest BCUT2D eigenvalue weighted by Crippen LogP contribution is -2.48. The molecule has 1 heterocycles. The third kappa shape index (κ3) is 4.66. The second kappa shape index (κ2) is 8.97. The van der Waals surface area contributed by atoms with Crippen LogP contribution in [0.5, 0.6) is 5.75 Å². The summed E-state index contributed by atoms with van der Waals surface area (Å²) in [6.45, 7) is 4.19. The van der Waals surface area contributed by atoms with Crippen LogP contribution in [0.15, 0.2) is 59.8 Å². The van der Waals surface area contributed by atoms with E-state index in [9.17, 15) is 18.0 Å². The Labute approximate surface area is 183 Å². The van der Waals surface area contributed by atoms with Crippen molar-refractivity contribution in [3.8, 4) is 5.75 Å². The van der Waals surface area contributed by atoms with E-state index >= 15 is 0 Å². The average Bonchev–Trinajstić information content (AvgIpc) is 2.73. The van der Waals surface area contributed by atoms with Crippen molar-refractivity contribution in [3.05, 3.63) is 70.9 Å².